The number of aliphatic hydroxyl groups excluding tert-OH is 1. The zero-order chi connectivity index (χ0) is 25.2. The molecule has 3 aliphatic heterocycles. The minimum Gasteiger partial charge on any atom is -0.395 e. The smallest absolute Gasteiger partial charge is 0.262 e. The number of aliphatic hydroxyl groups is 1. The molecule has 11 nitrogen and oxygen atoms in total. The molecule has 4 heterocycles. The fourth-order valence-electron chi connectivity index (χ4n) is 5.09. The summed E-state index contributed by atoms with van der Waals surface area (Å²) in [5.41, 5.74) is 0.696. The first kappa shape index (κ1) is 24.1. The lowest BCUT2D eigenvalue weighted by atomic mass is 10.1. The molecule has 1 aromatic carbocycles. The van der Waals surface area contributed by atoms with Gasteiger partial charge in [0.2, 0.25) is 5.91 Å². The Hall–Kier alpha value is -3.57. The van der Waals surface area contributed by atoms with E-state index in [1.54, 1.807) is 36.1 Å². The number of carbonyl (C=O) groups excluding carboxylic acids is 3. The van der Waals surface area contributed by atoms with Crippen molar-refractivity contribution in [2.75, 3.05) is 75.3 Å². The first-order chi connectivity index (χ1) is 17.5. The molecule has 0 bridgehead atoms. The number of hydrogen-bond acceptors (Lipinski definition) is 9. The lowest BCUT2D eigenvalue weighted by molar-refractivity contribution is -0.135. The second-order valence-electron chi connectivity index (χ2n) is 9.32. The fourth-order valence-corrected chi connectivity index (χ4v) is 5.09. The maximum atomic E-state index is 13.2. The molecule has 1 aromatic heterocycles. The Labute approximate surface area is 209 Å². The van der Waals surface area contributed by atoms with E-state index in [4.69, 9.17) is 5.11 Å². The molecule has 3 amide bonds. The molecule has 36 heavy (non-hydrogen) atoms. The standard InChI is InChI=1S/C25H31N7O4/c1-18(32-24(35)19-4-2-3-5-20(19)25(32)36)23(34)31-14-12-30(13-15-31)22-7-6-21(26-27-22)29-10-8-28(9-11-29)16-17-33/h2-7,18,33H,8-17H2,1H3. The summed E-state index contributed by atoms with van der Waals surface area (Å²) in [6, 6.07) is 9.75. The molecule has 0 radical (unpaired) electrons. The van der Waals surface area contributed by atoms with E-state index in [1.165, 1.54) is 0 Å². The zero-order valence-electron chi connectivity index (χ0n) is 20.4. The summed E-state index contributed by atoms with van der Waals surface area (Å²) in [4.78, 5) is 48.0. The number of imide groups is 1. The summed E-state index contributed by atoms with van der Waals surface area (Å²) in [7, 11) is 0. The number of fused-ring (bicyclic) bond motifs is 1. The number of anilines is 2. The van der Waals surface area contributed by atoms with Crippen LogP contribution in [0, 0.1) is 0 Å². The number of β-amino-alcohol motifs (C(OH)–C–C–N with tert-alkyl or cyclic N) is 1. The van der Waals surface area contributed by atoms with Gasteiger partial charge in [0.15, 0.2) is 11.6 Å². The maximum Gasteiger partial charge on any atom is 0.262 e. The molecule has 3 aliphatic rings. The molecule has 0 aliphatic carbocycles. The Morgan fingerprint density at radius 3 is 1.81 bits per heavy atom. The summed E-state index contributed by atoms with van der Waals surface area (Å²) < 4.78 is 0. The van der Waals surface area contributed by atoms with Crippen molar-refractivity contribution in [1.82, 2.24) is 24.9 Å². The Morgan fingerprint density at radius 2 is 1.33 bits per heavy atom. The Morgan fingerprint density at radius 1 is 0.833 bits per heavy atom. The molecule has 0 spiro atoms. The third-order valence-corrected chi connectivity index (χ3v) is 7.23. The number of carbonyl (C=O) groups is 3. The van der Waals surface area contributed by atoms with Crippen LogP contribution in [-0.2, 0) is 4.79 Å². The Bertz CT molecular complexity index is 1090. The van der Waals surface area contributed by atoms with Crippen LogP contribution in [0.1, 0.15) is 27.6 Å². The molecule has 190 valence electrons. The second kappa shape index (κ2) is 10.2. The maximum absolute atomic E-state index is 13.2. The highest BCUT2D eigenvalue weighted by Crippen LogP contribution is 2.25. The van der Waals surface area contributed by atoms with Crippen LogP contribution >= 0.6 is 0 Å². The molecule has 2 aromatic rings. The van der Waals surface area contributed by atoms with Crippen molar-refractivity contribution in [3.05, 3.63) is 47.5 Å². The third kappa shape index (κ3) is 4.51. The van der Waals surface area contributed by atoms with Gasteiger partial charge in [-0.2, -0.15) is 0 Å². The number of benzene rings is 1. The number of piperazine rings is 2. The van der Waals surface area contributed by atoms with Crippen LogP contribution in [0.2, 0.25) is 0 Å². The van der Waals surface area contributed by atoms with Crippen LogP contribution in [0.5, 0.6) is 0 Å². The molecular formula is C25H31N7O4. The summed E-state index contributed by atoms with van der Waals surface area (Å²) in [5.74, 6) is 0.538. The minimum atomic E-state index is -0.860. The average Bonchev–Trinajstić information content (AvgIpc) is 3.18. The minimum absolute atomic E-state index is 0.176. The van der Waals surface area contributed by atoms with Crippen LogP contribution in [0.4, 0.5) is 11.6 Å². The quantitative estimate of drug-likeness (QED) is 0.552. The predicted octanol–water partition coefficient (Wildman–Crippen LogP) is -0.0758. The molecule has 2 saturated heterocycles. The highest BCUT2D eigenvalue weighted by molar-refractivity contribution is 6.22. The van der Waals surface area contributed by atoms with E-state index in [9.17, 15) is 14.4 Å². The van der Waals surface area contributed by atoms with Gasteiger partial charge in [-0.1, -0.05) is 12.1 Å². The highest BCUT2D eigenvalue weighted by Gasteiger charge is 2.42. The predicted molar refractivity (Wildman–Crippen MR) is 133 cm³/mol. The first-order valence-corrected chi connectivity index (χ1v) is 12.4. The van der Waals surface area contributed by atoms with Gasteiger partial charge in [-0.05, 0) is 31.2 Å². The summed E-state index contributed by atoms with van der Waals surface area (Å²) in [5, 5.41) is 17.9. The van der Waals surface area contributed by atoms with Gasteiger partial charge < -0.3 is 19.8 Å². The van der Waals surface area contributed by atoms with Gasteiger partial charge in [-0.3, -0.25) is 24.2 Å². The second-order valence-corrected chi connectivity index (χ2v) is 9.32. The van der Waals surface area contributed by atoms with Gasteiger partial charge in [0.05, 0.1) is 17.7 Å². The number of rotatable bonds is 6. The molecule has 5 rings (SSSR count). The van der Waals surface area contributed by atoms with Crippen LogP contribution in [0.3, 0.4) is 0 Å². The van der Waals surface area contributed by atoms with E-state index in [1.807, 2.05) is 12.1 Å². The summed E-state index contributed by atoms with van der Waals surface area (Å²) in [6.45, 7) is 8.09. The van der Waals surface area contributed by atoms with Crippen molar-refractivity contribution in [2.45, 2.75) is 13.0 Å². The zero-order valence-corrected chi connectivity index (χ0v) is 20.4. The molecule has 1 unspecified atom stereocenters. The normalized spacial score (nSPS) is 19.6. The van der Waals surface area contributed by atoms with Crippen molar-refractivity contribution in [3.8, 4) is 0 Å². The third-order valence-electron chi connectivity index (χ3n) is 7.23. The van der Waals surface area contributed by atoms with Gasteiger partial charge in [0, 0.05) is 58.9 Å². The molecule has 11 heteroatoms. The summed E-state index contributed by atoms with van der Waals surface area (Å²) in [6.07, 6.45) is 0. The number of aromatic nitrogens is 2. The average molecular weight is 494 g/mol. The van der Waals surface area contributed by atoms with Gasteiger partial charge in [0.25, 0.3) is 11.8 Å². The van der Waals surface area contributed by atoms with Crippen molar-refractivity contribution >= 4 is 29.4 Å². The molecule has 1 N–H and O–H groups in total. The Balaban J connectivity index is 1.15. The van der Waals surface area contributed by atoms with Crippen LogP contribution < -0.4 is 9.80 Å². The van der Waals surface area contributed by atoms with Gasteiger partial charge in [-0.25, -0.2) is 0 Å². The van der Waals surface area contributed by atoms with E-state index < -0.39 is 17.9 Å². The SMILES string of the molecule is CC(C(=O)N1CCN(c2ccc(N3CCN(CCO)CC3)nn2)CC1)N1C(=O)c2ccccc2C1=O. The fraction of sp³-hybridized carbons (Fsp3) is 0.480. The largest absolute Gasteiger partial charge is 0.395 e. The molecule has 1 atom stereocenters. The van der Waals surface area contributed by atoms with Gasteiger partial charge in [0.1, 0.15) is 6.04 Å². The Kier molecular flexibility index (Phi) is 6.84. The number of amides is 3. The number of hydrogen-bond donors (Lipinski definition) is 1. The van der Waals surface area contributed by atoms with E-state index in [0.29, 0.717) is 43.9 Å². The number of nitrogens with zero attached hydrogens (tertiary/aromatic N) is 7. The van der Waals surface area contributed by atoms with Gasteiger partial charge in [-0.15, -0.1) is 10.2 Å². The highest BCUT2D eigenvalue weighted by atomic mass is 16.3. The lowest BCUT2D eigenvalue weighted by Crippen LogP contribution is -2.55. The van der Waals surface area contributed by atoms with Crippen LogP contribution in [0.15, 0.2) is 36.4 Å². The molecule has 0 saturated carbocycles. The van der Waals surface area contributed by atoms with Gasteiger partial charge >= 0.3 is 0 Å². The summed E-state index contributed by atoms with van der Waals surface area (Å²) >= 11 is 0. The van der Waals surface area contributed by atoms with Crippen LogP contribution in [-0.4, -0.2) is 119 Å². The van der Waals surface area contributed by atoms with Crippen molar-refractivity contribution in [1.29, 1.82) is 0 Å². The van der Waals surface area contributed by atoms with E-state index in [2.05, 4.69) is 24.9 Å². The van der Waals surface area contributed by atoms with Crippen LogP contribution in [0.25, 0.3) is 0 Å². The monoisotopic (exact) mass is 493 g/mol. The first-order valence-electron chi connectivity index (χ1n) is 12.4. The van der Waals surface area contributed by atoms with Crippen molar-refractivity contribution in [2.24, 2.45) is 0 Å². The van der Waals surface area contributed by atoms with Crippen molar-refractivity contribution in [3.63, 3.8) is 0 Å². The molecular weight excluding hydrogens is 462 g/mol. The van der Waals surface area contributed by atoms with E-state index >= 15 is 0 Å². The lowest BCUT2D eigenvalue weighted by Gasteiger charge is -2.37. The van der Waals surface area contributed by atoms with E-state index in [-0.39, 0.29) is 12.5 Å². The van der Waals surface area contributed by atoms with Crippen molar-refractivity contribution < 1.29 is 19.5 Å². The van der Waals surface area contributed by atoms with E-state index in [0.717, 1.165) is 42.7 Å². The topological polar surface area (TPSA) is 113 Å². The molecule has 2 fully saturated rings.